The highest BCUT2D eigenvalue weighted by Crippen LogP contribution is 1.94. The fraction of sp³-hybridized carbons (Fsp3) is 0.700. The number of ether oxygens (including phenoxy) is 1. The Bertz CT molecular complexity index is 139. The minimum atomic E-state index is 0.564. The van der Waals surface area contributed by atoms with Crippen LogP contribution in [0.4, 0.5) is 0 Å². The fourth-order valence-electron chi connectivity index (χ4n) is 0.776. The van der Waals surface area contributed by atoms with E-state index in [0.717, 1.165) is 24.9 Å². The van der Waals surface area contributed by atoms with Crippen LogP contribution in [0.5, 0.6) is 0 Å². The Labute approximate surface area is 74.6 Å². The van der Waals surface area contributed by atoms with Gasteiger partial charge in [-0.25, -0.2) is 0 Å². The predicted molar refractivity (Wildman–Crippen MR) is 50.2 cm³/mol. The van der Waals surface area contributed by atoms with Gasteiger partial charge in [0.25, 0.3) is 0 Å². The van der Waals surface area contributed by atoms with Crippen LogP contribution in [0.25, 0.3) is 0 Å². The van der Waals surface area contributed by atoms with Crippen molar-refractivity contribution in [3.05, 3.63) is 11.6 Å². The summed E-state index contributed by atoms with van der Waals surface area (Å²) in [6.07, 6.45) is 6.20. The second-order valence-corrected chi connectivity index (χ2v) is 2.85. The first-order valence-electron chi connectivity index (χ1n) is 4.51. The van der Waals surface area contributed by atoms with Crippen LogP contribution in [0.3, 0.4) is 0 Å². The average molecular weight is 170 g/mol. The number of unbranched alkanes of at least 4 members (excludes halogenated alkanes) is 2. The zero-order chi connectivity index (χ0) is 9.23. The highest BCUT2D eigenvalue weighted by atomic mass is 16.5. The van der Waals surface area contributed by atoms with E-state index in [2.05, 4.69) is 6.92 Å². The summed E-state index contributed by atoms with van der Waals surface area (Å²) in [4.78, 5) is 10.1. The molecule has 12 heavy (non-hydrogen) atoms. The Morgan fingerprint density at radius 3 is 2.75 bits per heavy atom. The third-order valence-electron chi connectivity index (χ3n) is 1.60. The van der Waals surface area contributed by atoms with Crippen LogP contribution in [0.15, 0.2) is 11.6 Å². The van der Waals surface area contributed by atoms with Crippen LogP contribution in [0.2, 0.25) is 0 Å². The first-order chi connectivity index (χ1) is 5.81. The zero-order valence-corrected chi connectivity index (χ0v) is 8.01. The van der Waals surface area contributed by atoms with Crippen LogP contribution in [-0.2, 0) is 9.53 Å². The molecule has 0 atom stereocenters. The molecule has 0 radical (unpaired) electrons. The normalized spacial score (nSPS) is 11.7. The van der Waals surface area contributed by atoms with Crippen LogP contribution in [-0.4, -0.2) is 19.5 Å². The highest BCUT2D eigenvalue weighted by molar-refractivity contribution is 5.71. The molecule has 0 aliphatic heterocycles. The van der Waals surface area contributed by atoms with Crippen molar-refractivity contribution >= 4 is 6.29 Å². The first-order valence-corrected chi connectivity index (χ1v) is 4.51. The lowest BCUT2D eigenvalue weighted by atomic mass is 10.3. The summed E-state index contributed by atoms with van der Waals surface area (Å²) in [5.41, 5.74) is 0.741. The summed E-state index contributed by atoms with van der Waals surface area (Å²) in [5.74, 6) is 0. The van der Waals surface area contributed by atoms with Gasteiger partial charge in [-0.05, 0) is 18.9 Å². The molecule has 0 N–H and O–H groups in total. The van der Waals surface area contributed by atoms with Gasteiger partial charge in [0, 0.05) is 6.61 Å². The standard InChI is InChI=1S/C10H18O2/c1-3-4-5-7-12-8-6-10(2)9-11/h6,9H,3-5,7-8H2,1-2H3. The minimum absolute atomic E-state index is 0.564. The van der Waals surface area contributed by atoms with Gasteiger partial charge in [0.2, 0.25) is 0 Å². The van der Waals surface area contributed by atoms with Crippen molar-refractivity contribution in [2.45, 2.75) is 33.1 Å². The molecular weight excluding hydrogens is 152 g/mol. The Morgan fingerprint density at radius 1 is 1.42 bits per heavy atom. The van der Waals surface area contributed by atoms with Crippen molar-refractivity contribution in [1.82, 2.24) is 0 Å². The Hall–Kier alpha value is -0.630. The summed E-state index contributed by atoms with van der Waals surface area (Å²) in [5, 5.41) is 0. The maximum Gasteiger partial charge on any atom is 0.145 e. The lowest BCUT2D eigenvalue weighted by molar-refractivity contribution is -0.104. The molecule has 2 nitrogen and oxygen atoms in total. The number of hydrogen-bond donors (Lipinski definition) is 0. The minimum Gasteiger partial charge on any atom is -0.377 e. The van der Waals surface area contributed by atoms with Crippen molar-refractivity contribution in [2.75, 3.05) is 13.2 Å². The van der Waals surface area contributed by atoms with Crippen molar-refractivity contribution in [3.63, 3.8) is 0 Å². The molecule has 2 heteroatoms. The van der Waals surface area contributed by atoms with Gasteiger partial charge in [-0.1, -0.05) is 25.8 Å². The van der Waals surface area contributed by atoms with E-state index in [-0.39, 0.29) is 0 Å². The summed E-state index contributed by atoms with van der Waals surface area (Å²) < 4.78 is 5.27. The van der Waals surface area contributed by atoms with E-state index in [0.29, 0.717) is 6.61 Å². The van der Waals surface area contributed by atoms with E-state index in [1.165, 1.54) is 12.8 Å². The third-order valence-corrected chi connectivity index (χ3v) is 1.60. The molecule has 0 rings (SSSR count). The van der Waals surface area contributed by atoms with Gasteiger partial charge in [0.1, 0.15) is 6.29 Å². The second kappa shape index (κ2) is 8.47. The smallest absolute Gasteiger partial charge is 0.145 e. The summed E-state index contributed by atoms with van der Waals surface area (Å²) in [6.45, 7) is 5.31. The van der Waals surface area contributed by atoms with Gasteiger partial charge in [0.15, 0.2) is 0 Å². The molecule has 0 aliphatic rings. The number of carbonyl (C=O) groups is 1. The molecule has 0 fully saturated rings. The van der Waals surface area contributed by atoms with Crippen LogP contribution >= 0.6 is 0 Å². The quantitative estimate of drug-likeness (QED) is 0.333. The molecule has 0 spiro atoms. The van der Waals surface area contributed by atoms with E-state index >= 15 is 0 Å². The molecule has 70 valence electrons. The Kier molecular flexibility index (Phi) is 8.02. The molecule has 0 aromatic carbocycles. The largest absolute Gasteiger partial charge is 0.377 e. The Balaban J connectivity index is 3.15. The van der Waals surface area contributed by atoms with E-state index < -0.39 is 0 Å². The molecule has 0 aromatic rings. The summed E-state index contributed by atoms with van der Waals surface area (Å²) in [6, 6.07) is 0. The van der Waals surface area contributed by atoms with Gasteiger partial charge < -0.3 is 4.74 Å². The summed E-state index contributed by atoms with van der Waals surface area (Å²) >= 11 is 0. The zero-order valence-electron chi connectivity index (χ0n) is 8.01. The lowest BCUT2D eigenvalue weighted by Crippen LogP contribution is -1.95. The number of carbonyl (C=O) groups excluding carboxylic acids is 1. The number of aldehydes is 1. The Morgan fingerprint density at radius 2 is 2.17 bits per heavy atom. The number of hydrogen-bond acceptors (Lipinski definition) is 2. The molecular formula is C10H18O2. The van der Waals surface area contributed by atoms with Gasteiger partial charge in [-0.15, -0.1) is 0 Å². The third kappa shape index (κ3) is 7.48. The van der Waals surface area contributed by atoms with Crippen LogP contribution in [0, 0.1) is 0 Å². The molecule has 0 aromatic heterocycles. The molecule has 0 unspecified atom stereocenters. The van der Waals surface area contributed by atoms with Gasteiger partial charge in [-0.3, -0.25) is 4.79 Å². The molecule has 0 amide bonds. The van der Waals surface area contributed by atoms with Crippen LogP contribution < -0.4 is 0 Å². The van der Waals surface area contributed by atoms with Gasteiger partial charge >= 0.3 is 0 Å². The van der Waals surface area contributed by atoms with E-state index in [4.69, 9.17) is 4.74 Å². The first kappa shape index (κ1) is 11.4. The predicted octanol–water partition coefficient (Wildman–Crippen LogP) is 2.34. The number of rotatable bonds is 7. The van der Waals surface area contributed by atoms with Gasteiger partial charge in [0.05, 0.1) is 6.61 Å². The van der Waals surface area contributed by atoms with Crippen molar-refractivity contribution in [1.29, 1.82) is 0 Å². The van der Waals surface area contributed by atoms with E-state index in [9.17, 15) is 4.79 Å². The molecule has 0 heterocycles. The molecule has 0 saturated heterocycles. The topological polar surface area (TPSA) is 26.3 Å². The van der Waals surface area contributed by atoms with Crippen molar-refractivity contribution < 1.29 is 9.53 Å². The summed E-state index contributed by atoms with van der Waals surface area (Å²) in [7, 11) is 0. The molecule has 0 saturated carbocycles. The highest BCUT2D eigenvalue weighted by Gasteiger charge is 1.87. The van der Waals surface area contributed by atoms with E-state index in [1.54, 1.807) is 13.0 Å². The SMILES string of the molecule is CCCCCOCC=C(C)C=O. The van der Waals surface area contributed by atoms with Crippen molar-refractivity contribution in [3.8, 4) is 0 Å². The average Bonchev–Trinajstić information content (AvgIpc) is 2.10. The monoisotopic (exact) mass is 170 g/mol. The van der Waals surface area contributed by atoms with Crippen molar-refractivity contribution in [2.24, 2.45) is 0 Å². The molecule has 0 bridgehead atoms. The van der Waals surface area contributed by atoms with Gasteiger partial charge in [-0.2, -0.15) is 0 Å². The van der Waals surface area contributed by atoms with Crippen LogP contribution in [0.1, 0.15) is 33.1 Å². The fourth-order valence-corrected chi connectivity index (χ4v) is 0.776. The lowest BCUT2D eigenvalue weighted by Gasteiger charge is -1.99. The van der Waals surface area contributed by atoms with E-state index in [1.807, 2.05) is 0 Å². The second-order valence-electron chi connectivity index (χ2n) is 2.85. The number of allylic oxidation sites excluding steroid dienone is 1. The maximum atomic E-state index is 10.1. The maximum absolute atomic E-state index is 10.1. The molecule has 0 aliphatic carbocycles.